The normalized spacial score (nSPS) is 13.1. The van der Waals surface area contributed by atoms with E-state index in [1.54, 1.807) is 0 Å². The van der Waals surface area contributed by atoms with E-state index in [9.17, 15) is 0 Å². The summed E-state index contributed by atoms with van der Waals surface area (Å²) in [7, 11) is 0. The fourth-order valence-corrected chi connectivity index (χ4v) is 2.45. The Bertz CT molecular complexity index is 500. The van der Waals surface area contributed by atoms with Crippen molar-refractivity contribution in [3.05, 3.63) is 48.0 Å². The maximum absolute atomic E-state index is 3.70. The molecule has 0 aliphatic carbocycles. The lowest BCUT2D eigenvalue weighted by atomic mass is 10.0. The number of hydrogen-bond acceptors (Lipinski definition) is 1. The van der Waals surface area contributed by atoms with E-state index in [0.717, 1.165) is 0 Å². The van der Waals surface area contributed by atoms with Crippen LogP contribution in [0.5, 0.6) is 0 Å². The van der Waals surface area contributed by atoms with Crippen LogP contribution in [0.4, 0.5) is 0 Å². The molecule has 2 aromatic rings. The predicted octanol–water partition coefficient (Wildman–Crippen LogP) is 4.68. The van der Waals surface area contributed by atoms with E-state index >= 15 is 0 Å². The van der Waals surface area contributed by atoms with E-state index in [2.05, 4.69) is 68.6 Å². The van der Waals surface area contributed by atoms with Crippen LogP contribution in [0.25, 0.3) is 10.8 Å². The minimum Gasteiger partial charge on any atom is -0.307 e. The van der Waals surface area contributed by atoms with E-state index in [-0.39, 0.29) is 0 Å². The predicted molar refractivity (Wildman–Crippen MR) is 79.9 cm³/mol. The van der Waals surface area contributed by atoms with Gasteiger partial charge in [-0.05, 0) is 42.2 Å². The summed E-state index contributed by atoms with van der Waals surface area (Å²) in [5, 5.41) is 6.34. The molecule has 2 aromatic carbocycles. The summed E-state index contributed by atoms with van der Waals surface area (Å²) in [6.07, 6.45) is 2.38. The van der Waals surface area contributed by atoms with Crippen molar-refractivity contribution < 1.29 is 0 Å². The van der Waals surface area contributed by atoms with Crippen LogP contribution in [0.1, 0.15) is 45.2 Å². The maximum atomic E-state index is 3.70. The van der Waals surface area contributed by atoms with Crippen LogP contribution >= 0.6 is 0 Å². The number of nitrogens with one attached hydrogen (secondary N) is 1. The van der Waals surface area contributed by atoms with Crippen LogP contribution in [0.15, 0.2) is 42.5 Å². The molecule has 18 heavy (non-hydrogen) atoms. The molecule has 0 bridgehead atoms. The molecule has 0 spiro atoms. The van der Waals surface area contributed by atoms with E-state index in [1.165, 1.54) is 29.2 Å². The van der Waals surface area contributed by atoms with Crippen molar-refractivity contribution in [1.29, 1.82) is 0 Å². The Hall–Kier alpha value is -1.34. The second kappa shape index (κ2) is 6.01. The van der Waals surface area contributed by atoms with Gasteiger partial charge in [0.25, 0.3) is 0 Å². The molecule has 1 atom stereocenters. The summed E-state index contributed by atoms with van der Waals surface area (Å²) in [5.74, 6) is 0. The Morgan fingerprint density at radius 1 is 0.944 bits per heavy atom. The van der Waals surface area contributed by atoms with Gasteiger partial charge >= 0.3 is 0 Å². The highest BCUT2D eigenvalue weighted by atomic mass is 14.9. The largest absolute Gasteiger partial charge is 0.307 e. The van der Waals surface area contributed by atoms with Crippen molar-refractivity contribution in [1.82, 2.24) is 5.32 Å². The third-order valence-corrected chi connectivity index (χ3v) is 3.74. The summed E-state index contributed by atoms with van der Waals surface area (Å²) in [6, 6.07) is 16.3. The zero-order valence-electron chi connectivity index (χ0n) is 11.6. The minimum absolute atomic E-state index is 0.416. The highest BCUT2D eigenvalue weighted by Gasteiger charge is 2.10. The molecule has 0 heterocycles. The van der Waals surface area contributed by atoms with Crippen molar-refractivity contribution in [2.45, 2.75) is 45.7 Å². The number of fused-ring (bicyclic) bond motifs is 1. The molecule has 0 radical (unpaired) electrons. The van der Waals surface area contributed by atoms with Gasteiger partial charge in [0.1, 0.15) is 0 Å². The zero-order chi connectivity index (χ0) is 13.0. The van der Waals surface area contributed by atoms with Crippen LogP contribution in [0.2, 0.25) is 0 Å². The average Bonchev–Trinajstić information content (AvgIpc) is 2.44. The molecular formula is C17H23N. The number of rotatable bonds is 5. The third kappa shape index (κ3) is 2.91. The molecule has 1 N–H and O–H groups in total. The average molecular weight is 241 g/mol. The van der Waals surface area contributed by atoms with E-state index in [4.69, 9.17) is 0 Å². The molecule has 1 unspecified atom stereocenters. The third-order valence-electron chi connectivity index (χ3n) is 3.74. The summed E-state index contributed by atoms with van der Waals surface area (Å²) in [5.41, 5.74) is 1.38. The van der Waals surface area contributed by atoms with Gasteiger partial charge in [-0.3, -0.25) is 0 Å². The first kappa shape index (κ1) is 13.1. The quantitative estimate of drug-likeness (QED) is 0.801. The van der Waals surface area contributed by atoms with Crippen LogP contribution in [-0.2, 0) is 0 Å². The Labute approximate surface area is 110 Å². The van der Waals surface area contributed by atoms with Crippen molar-refractivity contribution in [2.75, 3.05) is 0 Å². The highest BCUT2D eigenvalue weighted by molar-refractivity contribution is 5.83. The lowest BCUT2D eigenvalue weighted by molar-refractivity contribution is 0.433. The highest BCUT2D eigenvalue weighted by Crippen LogP contribution is 2.21. The molecular weight excluding hydrogens is 218 g/mol. The van der Waals surface area contributed by atoms with Crippen molar-refractivity contribution in [2.24, 2.45) is 0 Å². The molecule has 0 aliphatic rings. The van der Waals surface area contributed by atoms with Gasteiger partial charge < -0.3 is 5.32 Å². The fourth-order valence-electron chi connectivity index (χ4n) is 2.45. The Morgan fingerprint density at radius 3 is 2.28 bits per heavy atom. The summed E-state index contributed by atoms with van der Waals surface area (Å²) < 4.78 is 0. The molecule has 0 amide bonds. The van der Waals surface area contributed by atoms with E-state index in [0.29, 0.717) is 12.1 Å². The van der Waals surface area contributed by atoms with Crippen LogP contribution in [0.3, 0.4) is 0 Å². The smallest absolute Gasteiger partial charge is 0.0294 e. The minimum atomic E-state index is 0.416. The van der Waals surface area contributed by atoms with E-state index < -0.39 is 0 Å². The molecule has 2 rings (SSSR count). The second-order valence-electron chi connectivity index (χ2n) is 5.01. The Kier molecular flexibility index (Phi) is 4.38. The van der Waals surface area contributed by atoms with Gasteiger partial charge in [-0.2, -0.15) is 0 Å². The molecule has 96 valence electrons. The Morgan fingerprint density at radius 2 is 1.61 bits per heavy atom. The standard InChI is InChI=1S/C17H23N/c1-4-17(5-2)18-13(3)15-11-10-14-8-6-7-9-16(14)12-15/h6-13,17-18H,4-5H2,1-3H3. The molecule has 0 saturated carbocycles. The van der Waals surface area contributed by atoms with Crippen LogP contribution in [-0.4, -0.2) is 6.04 Å². The Balaban J connectivity index is 2.19. The number of benzene rings is 2. The van der Waals surface area contributed by atoms with Gasteiger partial charge in [0.05, 0.1) is 0 Å². The van der Waals surface area contributed by atoms with Gasteiger partial charge in [-0.25, -0.2) is 0 Å². The lowest BCUT2D eigenvalue weighted by Gasteiger charge is -2.21. The van der Waals surface area contributed by atoms with Gasteiger partial charge in [-0.15, -0.1) is 0 Å². The first-order chi connectivity index (χ1) is 8.74. The van der Waals surface area contributed by atoms with Crippen molar-refractivity contribution in [3.63, 3.8) is 0 Å². The number of hydrogen-bond donors (Lipinski definition) is 1. The van der Waals surface area contributed by atoms with Gasteiger partial charge in [0.15, 0.2) is 0 Å². The molecule has 0 aromatic heterocycles. The first-order valence-corrected chi connectivity index (χ1v) is 6.99. The molecule has 0 saturated heterocycles. The second-order valence-corrected chi connectivity index (χ2v) is 5.01. The van der Waals surface area contributed by atoms with Gasteiger partial charge in [0.2, 0.25) is 0 Å². The maximum Gasteiger partial charge on any atom is 0.0294 e. The van der Waals surface area contributed by atoms with Gasteiger partial charge in [-0.1, -0.05) is 50.2 Å². The zero-order valence-corrected chi connectivity index (χ0v) is 11.6. The van der Waals surface area contributed by atoms with Crippen LogP contribution in [0, 0.1) is 0 Å². The topological polar surface area (TPSA) is 12.0 Å². The van der Waals surface area contributed by atoms with Crippen molar-refractivity contribution >= 4 is 10.8 Å². The van der Waals surface area contributed by atoms with Gasteiger partial charge in [0, 0.05) is 12.1 Å². The summed E-state index contributed by atoms with van der Waals surface area (Å²) >= 11 is 0. The first-order valence-electron chi connectivity index (χ1n) is 6.99. The summed E-state index contributed by atoms with van der Waals surface area (Å²) in [6.45, 7) is 6.74. The van der Waals surface area contributed by atoms with Crippen molar-refractivity contribution in [3.8, 4) is 0 Å². The molecule has 0 aliphatic heterocycles. The molecule has 1 nitrogen and oxygen atoms in total. The summed E-state index contributed by atoms with van der Waals surface area (Å²) in [4.78, 5) is 0. The lowest BCUT2D eigenvalue weighted by Crippen LogP contribution is -2.30. The fraction of sp³-hybridized carbons (Fsp3) is 0.412. The van der Waals surface area contributed by atoms with Crippen LogP contribution < -0.4 is 5.32 Å². The SMILES string of the molecule is CCC(CC)NC(C)c1ccc2ccccc2c1. The molecule has 0 fully saturated rings. The molecule has 1 heteroatoms. The monoisotopic (exact) mass is 241 g/mol. The van der Waals surface area contributed by atoms with E-state index in [1.807, 2.05) is 0 Å².